The summed E-state index contributed by atoms with van der Waals surface area (Å²) in [5.74, 6) is 0.552. The fraction of sp³-hybridized carbons (Fsp3) is 0.125. The van der Waals surface area contributed by atoms with Gasteiger partial charge in [-0.2, -0.15) is 0 Å². The molecule has 4 heteroatoms. The molecule has 1 aromatic heterocycles. The van der Waals surface area contributed by atoms with Crippen LogP contribution in [0.15, 0.2) is 42.5 Å². The molecule has 0 fully saturated rings. The third-order valence-electron chi connectivity index (χ3n) is 3.31. The maximum atomic E-state index is 13.3. The zero-order chi connectivity index (χ0) is 14.1. The van der Waals surface area contributed by atoms with E-state index in [9.17, 15) is 4.39 Å². The first kappa shape index (κ1) is 12.5. The number of nitrogens with zero attached hydrogens (tertiary/aromatic N) is 2. The van der Waals surface area contributed by atoms with E-state index in [1.807, 2.05) is 24.3 Å². The second-order valence-electron chi connectivity index (χ2n) is 4.64. The summed E-state index contributed by atoms with van der Waals surface area (Å²) in [4.78, 5) is 8.69. The summed E-state index contributed by atoms with van der Waals surface area (Å²) in [7, 11) is 0. The van der Waals surface area contributed by atoms with Gasteiger partial charge in [0.1, 0.15) is 11.6 Å². The minimum atomic E-state index is -0.331. The predicted octanol–water partition coefficient (Wildman–Crippen LogP) is 3.58. The van der Waals surface area contributed by atoms with Crippen molar-refractivity contribution in [2.45, 2.75) is 13.3 Å². The van der Waals surface area contributed by atoms with Gasteiger partial charge in [-0.25, -0.2) is 14.4 Å². The maximum Gasteiger partial charge on any atom is 0.162 e. The van der Waals surface area contributed by atoms with Gasteiger partial charge in [-0.15, -0.1) is 0 Å². The van der Waals surface area contributed by atoms with Crippen LogP contribution >= 0.6 is 0 Å². The Hall–Kier alpha value is -2.49. The van der Waals surface area contributed by atoms with Gasteiger partial charge in [-0.3, -0.25) is 0 Å². The number of hydrogen-bond donors (Lipinski definition) is 1. The molecule has 2 aromatic carbocycles. The molecule has 1 heterocycles. The Labute approximate surface area is 116 Å². The molecule has 0 spiro atoms. The van der Waals surface area contributed by atoms with Gasteiger partial charge < -0.3 is 5.73 Å². The summed E-state index contributed by atoms with van der Waals surface area (Å²) in [5.41, 5.74) is 8.57. The molecule has 0 radical (unpaired) electrons. The highest BCUT2D eigenvalue weighted by Gasteiger charge is 2.08. The number of nitrogens with two attached hydrogens (primary N) is 1. The smallest absolute Gasteiger partial charge is 0.162 e. The van der Waals surface area contributed by atoms with Crippen LogP contribution in [0.4, 0.5) is 10.2 Å². The quantitative estimate of drug-likeness (QED) is 0.772. The Morgan fingerprint density at radius 2 is 1.80 bits per heavy atom. The molecule has 0 unspecified atom stereocenters. The van der Waals surface area contributed by atoms with Crippen molar-refractivity contribution in [3.05, 3.63) is 53.8 Å². The Kier molecular flexibility index (Phi) is 3.06. The van der Waals surface area contributed by atoms with Crippen molar-refractivity contribution in [1.29, 1.82) is 0 Å². The summed E-state index contributed by atoms with van der Waals surface area (Å²) in [5, 5.41) is 0.667. The van der Waals surface area contributed by atoms with Gasteiger partial charge in [-0.1, -0.05) is 31.2 Å². The molecule has 0 saturated heterocycles. The third-order valence-corrected chi connectivity index (χ3v) is 3.31. The molecule has 0 amide bonds. The molecule has 3 aromatic rings. The second-order valence-corrected chi connectivity index (χ2v) is 4.64. The maximum absolute atomic E-state index is 13.3. The van der Waals surface area contributed by atoms with Gasteiger partial charge in [-0.05, 0) is 24.1 Å². The molecule has 0 aliphatic heterocycles. The number of aromatic nitrogens is 2. The van der Waals surface area contributed by atoms with Crippen LogP contribution in [0, 0.1) is 5.82 Å². The fourth-order valence-corrected chi connectivity index (χ4v) is 2.15. The van der Waals surface area contributed by atoms with Gasteiger partial charge in [0, 0.05) is 17.0 Å². The number of halogens is 1. The van der Waals surface area contributed by atoms with Crippen molar-refractivity contribution < 1.29 is 4.39 Å². The Bertz CT molecular complexity index is 767. The summed E-state index contributed by atoms with van der Waals surface area (Å²) >= 11 is 0. The SMILES string of the molecule is CCc1ccc(-c2nc(N)c3ccc(F)cc3n2)cc1. The van der Waals surface area contributed by atoms with E-state index >= 15 is 0 Å². The lowest BCUT2D eigenvalue weighted by Gasteiger charge is -2.06. The van der Waals surface area contributed by atoms with Crippen molar-refractivity contribution >= 4 is 16.7 Å². The molecule has 0 saturated carbocycles. The fourth-order valence-electron chi connectivity index (χ4n) is 2.15. The minimum Gasteiger partial charge on any atom is -0.383 e. The normalized spacial score (nSPS) is 10.9. The molecular weight excluding hydrogens is 253 g/mol. The minimum absolute atomic E-state index is 0.331. The molecule has 100 valence electrons. The summed E-state index contributed by atoms with van der Waals surface area (Å²) in [6.45, 7) is 2.10. The van der Waals surface area contributed by atoms with Gasteiger partial charge in [0.05, 0.1) is 5.52 Å². The van der Waals surface area contributed by atoms with Crippen LogP contribution in [0.3, 0.4) is 0 Å². The Morgan fingerprint density at radius 3 is 2.50 bits per heavy atom. The number of fused-ring (bicyclic) bond motifs is 1. The number of aryl methyl sites for hydroxylation is 1. The average Bonchev–Trinajstić information content (AvgIpc) is 2.46. The number of nitrogen functional groups attached to an aromatic ring is 1. The van der Waals surface area contributed by atoms with Crippen LogP contribution in [-0.2, 0) is 6.42 Å². The van der Waals surface area contributed by atoms with Crippen LogP contribution in [0.1, 0.15) is 12.5 Å². The first-order chi connectivity index (χ1) is 9.67. The average molecular weight is 267 g/mol. The van der Waals surface area contributed by atoms with Crippen molar-refractivity contribution in [2.24, 2.45) is 0 Å². The van der Waals surface area contributed by atoms with E-state index in [1.54, 1.807) is 6.07 Å². The van der Waals surface area contributed by atoms with Gasteiger partial charge >= 0.3 is 0 Å². The van der Waals surface area contributed by atoms with Crippen molar-refractivity contribution in [1.82, 2.24) is 9.97 Å². The summed E-state index contributed by atoms with van der Waals surface area (Å²) in [6.07, 6.45) is 0.978. The van der Waals surface area contributed by atoms with E-state index in [4.69, 9.17) is 5.73 Å². The molecule has 3 rings (SSSR count). The van der Waals surface area contributed by atoms with E-state index in [-0.39, 0.29) is 5.82 Å². The van der Waals surface area contributed by atoms with Crippen molar-refractivity contribution in [3.63, 3.8) is 0 Å². The van der Waals surface area contributed by atoms with E-state index in [0.29, 0.717) is 22.5 Å². The topological polar surface area (TPSA) is 51.8 Å². The largest absolute Gasteiger partial charge is 0.383 e. The van der Waals surface area contributed by atoms with Crippen molar-refractivity contribution in [2.75, 3.05) is 5.73 Å². The van der Waals surface area contributed by atoms with Crippen LogP contribution in [0.25, 0.3) is 22.3 Å². The number of hydrogen-bond acceptors (Lipinski definition) is 3. The lowest BCUT2D eigenvalue weighted by molar-refractivity contribution is 0.629. The lowest BCUT2D eigenvalue weighted by atomic mass is 10.1. The Morgan fingerprint density at radius 1 is 1.05 bits per heavy atom. The van der Waals surface area contributed by atoms with Crippen LogP contribution < -0.4 is 5.73 Å². The zero-order valence-electron chi connectivity index (χ0n) is 11.1. The van der Waals surface area contributed by atoms with E-state index in [2.05, 4.69) is 16.9 Å². The highest BCUT2D eigenvalue weighted by Crippen LogP contribution is 2.24. The highest BCUT2D eigenvalue weighted by atomic mass is 19.1. The predicted molar refractivity (Wildman–Crippen MR) is 78.7 cm³/mol. The molecule has 0 atom stereocenters. The first-order valence-corrected chi connectivity index (χ1v) is 6.49. The van der Waals surface area contributed by atoms with Crippen LogP contribution in [-0.4, -0.2) is 9.97 Å². The molecule has 2 N–H and O–H groups in total. The highest BCUT2D eigenvalue weighted by molar-refractivity contribution is 5.89. The molecule has 3 nitrogen and oxygen atoms in total. The molecule has 0 aliphatic rings. The van der Waals surface area contributed by atoms with Gasteiger partial charge in [0.25, 0.3) is 0 Å². The van der Waals surface area contributed by atoms with Gasteiger partial charge in [0.15, 0.2) is 5.82 Å². The first-order valence-electron chi connectivity index (χ1n) is 6.49. The lowest BCUT2D eigenvalue weighted by Crippen LogP contribution is -1.98. The summed E-state index contributed by atoms with van der Waals surface area (Å²) < 4.78 is 13.3. The molecular formula is C16H14FN3. The monoisotopic (exact) mass is 267 g/mol. The van der Waals surface area contributed by atoms with E-state index in [0.717, 1.165) is 12.0 Å². The second kappa shape index (κ2) is 4.89. The van der Waals surface area contributed by atoms with Crippen LogP contribution in [0.2, 0.25) is 0 Å². The summed E-state index contributed by atoms with van der Waals surface area (Å²) in [6, 6.07) is 12.3. The van der Waals surface area contributed by atoms with Crippen LogP contribution in [0.5, 0.6) is 0 Å². The number of rotatable bonds is 2. The van der Waals surface area contributed by atoms with E-state index < -0.39 is 0 Å². The number of anilines is 1. The molecule has 20 heavy (non-hydrogen) atoms. The van der Waals surface area contributed by atoms with Gasteiger partial charge in [0.2, 0.25) is 0 Å². The Balaban J connectivity index is 2.15. The molecule has 0 aliphatic carbocycles. The zero-order valence-corrected chi connectivity index (χ0v) is 11.1. The number of benzene rings is 2. The third kappa shape index (κ3) is 2.20. The van der Waals surface area contributed by atoms with Crippen molar-refractivity contribution in [3.8, 4) is 11.4 Å². The van der Waals surface area contributed by atoms with E-state index in [1.165, 1.54) is 17.7 Å². The molecule has 0 bridgehead atoms. The standard InChI is InChI=1S/C16H14FN3/c1-2-10-3-5-11(6-4-10)16-19-14-9-12(17)7-8-13(14)15(18)20-16/h3-9H,2H2,1H3,(H2,18,19,20).